The Morgan fingerprint density at radius 2 is 1.36 bits per heavy atom. The molecule has 10 nitrogen and oxygen atoms in total. The van der Waals surface area contributed by atoms with Crippen molar-refractivity contribution in [1.29, 1.82) is 0 Å². The second-order valence-corrected chi connectivity index (χ2v) is 5.32. The first-order valence-corrected chi connectivity index (χ1v) is 6.90. The molecule has 2 rings (SSSR count). The Labute approximate surface area is 147 Å². The number of anilines is 2. The minimum absolute atomic E-state index is 0.173. The van der Waals surface area contributed by atoms with E-state index in [1.165, 1.54) is 0 Å². The molecule has 0 saturated heterocycles. The SMILES string of the molecule is O=[N+]([O-])c1cc([N+](=O)[O-])c(Nc2cc(F)c(Cl)cc2Cl)c([N+](=O)[O-])c1. The highest BCUT2D eigenvalue weighted by Crippen LogP contribution is 2.41. The fourth-order valence-electron chi connectivity index (χ4n) is 1.87. The van der Waals surface area contributed by atoms with E-state index in [1.807, 2.05) is 0 Å². The molecule has 0 fully saturated rings. The standard InChI is InChI=1S/C12H5Cl2FN4O6/c13-6-3-7(14)9(4-8(6)15)16-12-10(18(22)23)1-5(17(20)21)2-11(12)19(24)25/h1-4,16H. The molecule has 0 aliphatic rings. The number of benzene rings is 2. The van der Waals surface area contributed by atoms with Crippen molar-refractivity contribution < 1.29 is 19.2 Å². The van der Waals surface area contributed by atoms with E-state index in [1.54, 1.807) is 0 Å². The average molecular weight is 391 g/mol. The van der Waals surface area contributed by atoms with Crippen molar-refractivity contribution in [3.63, 3.8) is 0 Å². The monoisotopic (exact) mass is 390 g/mol. The molecule has 0 unspecified atom stereocenters. The fraction of sp³-hybridized carbons (Fsp3) is 0. The van der Waals surface area contributed by atoms with Crippen molar-refractivity contribution in [1.82, 2.24) is 0 Å². The smallest absolute Gasteiger partial charge is 0.306 e. The van der Waals surface area contributed by atoms with Crippen molar-refractivity contribution in [3.05, 3.63) is 70.5 Å². The van der Waals surface area contributed by atoms with E-state index in [0.29, 0.717) is 12.1 Å². The van der Waals surface area contributed by atoms with Gasteiger partial charge in [-0.3, -0.25) is 30.3 Å². The largest absolute Gasteiger partial charge is 0.343 e. The third-order valence-corrected chi connectivity index (χ3v) is 3.56. The quantitative estimate of drug-likeness (QED) is 0.446. The molecule has 0 atom stereocenters. The molecule has 2 aromatic carbocycles. The summed E-state index contributed by atoms with van der Waals surface area (Å²) in [5.41, 5.74) is -3.69. The summed E-state index contributed by atoms with van der Waals surface area (Å²) in [7, 11) is 0. The number of hydrogen-bond donors (Lipinski definition) is 1. The first-order valence-electron chi connectivity index (χ1n) is 6.14. The van der Waals surface area contributed by atoms with Crippen LogP contribution in [0.3, 0.4) is 0 Å². The van der Waals surface area contributed by atoms with E-state index < -0.39 is 43.3 Å². The molecule has 0 bridgehead atoms. The molecule has 0 amide bonds. The van der Waals surface area contributed by atoms with Gasteiger partial charge in [-0.2, -0.15) is 0 Å². The number of halogens is 3. The van der Waals surface area contributed by atoms with Gasteiger partial charge in [0.2, 0.25) is 0 Å². The van der Waals surface area contributed by atoms with E-state index in [4.69, 9.17) is 23.2 Å². The minimum atomic E-state index is -1.05. The van der Waals surface area contributed by atoms with Crippen LogP contribution in [0, 0.1) is 36.2 Å². The second kappa shape index (κ2) is 6.83. The zero-order chi connectivity index (χ0) is 18.9. The number of nitrogens with zero attached hydrogens (tertiary/aromatic N) is 3. The van der Waals surface area contributed by atoms with Crippen LogP contribution < -0.4 is 5.32 Å². The van der Waals surface area contributed by atoms with Gasteiger partial charge in [-0.25, -0.2) is 4.39 Å². The zero-order valence-electron chi connectivity index (χ0n) is 11.7. The molecule has 130 valence electrons. The third kappa shape index (κ3) is 3.72. The summed E-state index contributed by atoms with van der Waals surface area (Å²) >= 11 is 11.4. The summed E-state index contributed by atoms with van der Waals surface area (Å²) in [6.45, 7) is 0. The van der Waals surface area contributed by atoms with Crippen molar-refractivity contribution in [2.75, 3.05) is 5.32 Å². The first kappa shape index (κ1) is 18.3. The fourth-order valence-corrected chi connectivity index (χ4v) is 2.30. The highest BCUT2D eigenvalue weighted by atomic mass is 35.5. The van der Waals surface area contributed by atoms with Gasteiger partial charge in [0, 0.05) is 6.07 Å². The Balaban J connectivity index is 2.71. The van der Waals surface area contributed by atoms with E-state index in [-0.39, 0.29) is 15.7 Å². The number of nitro benzene ring substituents is 3. The maximum absolute atomic E-state index is 13.6. The molecule has 2 aromatic rings. The van der Waals surface area contributed by atoms with E-state index in [0.717, 1.165) is 12.1 Å². The van der Waals surface area contributed by atoms with Gasteiger partial charge in [0.15, 0.2) is 5.69 Å². The van der Waals surface area contributed by atoms with Gasteiger partial charge in [0.1, 0.15) is 5.82 Å². The van der Waals surface area contributed by atoms with Crippen LogP contribution in [0.4, 0.5) is 32.8 Å². The molecule has 13 heteroatoms. The minimum Gasteiger partial charge on any atom is -0.343 e. The molecule has 0 saturated carbocycles. The lowest BCUT2D eigenvalue weighted by molar-refractivity contribution is -0.401. The Kier molecular flexibility index (Phi) is 4.99. The zero-order valence-corrected chi connectivity index (χ0v) is 13.2. The maximum Gasteiger partial charge on any atom is 0.306 e. The van der Waals surface area contributed by atoms with Crippen molar-refractivity contribution >= 4 is 51.6 Å². The van der Waals surface area contributed by atoms with Gasteiger partial charge < -0.3 is 5.32 Å². The van der Waals surface area contributed by atoms with Gasteiger partial charge in [0.05, 0.1) is 42.6 Å². The molecule has 0 aliphatic carbocycles. The van der Waals surface area contributed by atoms with E-state index >= 15 is 0 Å². The Morgan fingerprint density at radius 1 is 0.840 bits per heavy atom. The summed E-state index contributed by atoms with van der Waals surface area (Å²) in [6, 6.07) is 2.84. The Morgan fingerprint density at radius 3 is 1.80 bits per heavy atom. The number of nitro groups is 3. The van der Waals surface area contributed by atoms with Crippen LogP contribution in [0.1, 0.15) is 0 Å². The van der Waals surface area contributed by atoms with Crippen molar-refractivity contribution in [2.24, 2.45) is 0 Å². The van der Waals surface area contributed by atoms with Gasteiger partial charge >= 0.3 is 11.4 Å². The Hall–Kier alpha value is -3.05. The summed E-state index contributed by atoms with van der Waals surface area (Å²) in [5, 5.41) is 34.9. The normalized spacial score (nSPS) is 10.4. The predicted molar refractivity (Wildman–Crippen MR) is 86.1 cm³/mol. The molecule has 0 radical (unpaired) electrons. The van der Waals surface area contributed by atoms with Crippen LogP contribution >= 0.6 is 23.2 Å². The molecule has 0 aromatic heterocycles. The number of hydrogen-bond acceptors (Lipinski definition) is 7. The molecular weight excluding hydrogens is 386 g/mol. The van der Waals surface area contributed by atoms with Crippen molar-refractivity contribution in [2.45, 2.75) is 0 Å². The topological polar surface area (TPSA) is 141 Å². The van der Waals surface area contributed by atoms with Crippen LogP contribution in [0.15, 0.2) is 24.3 Å². The van der Waals surface area contributed by atoms with E-state index in [9.17, 15) is 34.7 Å². The molecule has 0 aliphatic heterocycles. The lowest BCUT2D eigenvalue weighted by Gasteiger charge is -2.10. The van der Waals surface area contributed by atoms with Crippen LogP contribution in [0.5, 0.6) is 0 Å². The summed E-state index contributed by atoms with van der Waals surface area (Å²) in [4.78, 5) is 30.0. The summed E-state index contributed by atoms with van der Waals surface area (Å²) in [5.74, 6) is -0.930. The van der Waals surface area contributed by atoms with Gasteiger partial charge in [-0.05, 0) is 6.07 Å². The first-order chi connectivity index (χ1) is 11.6. The van der Waals surface area contributed by atoms with Crippen LogP contribution in [-0.4, -0.2) is 14.8 Å². The molecular formula is C12H5Cl2FN4O6. The molecule has 1 N–H and O–H groups in total. The second-order valence-electron chi connectivity index (χ2n) is 4.50. The number of rotatable bonds is 5. The maximum atomic E-state index is 13.6. The van der Waals surface area contributed by atoms with Crippen LogP contribution in [0.25, 0.3) is 0 Å². The third-order valence-electron chi connectivity index (χ3n) is 2.96. The summed E-state index contributed by atoms with van der Waals surface area (Å²) in [6.07, 6.45) is 0. The molecule has 0 heterocycles. The predicted octanol–water partition coefficient (Wildman–Crippen LogP) is 4.60. The van der Waals surface area contributed by atoms with Gasteiger partial charge in [0.25, 0.3) is 5.69 Å². The van der Waals surface area contributed by atoms with Gasteiger partial charge in [-0.1, -0.05) is 23.2 Å². The molecule has 0 spiro atoms. The van der Waals surface area contributed by atoms with Crippen molar-refractivity contribution in [3.8, 4) is 0 Å². The molecule has 25 heavy (non-hydrogen) atoms. The lowest BCUT2D eigenvalue weighted by atomic mass is 10.2. The number of non-ortho nitro benzene ring substituents is 1. The van der Waals surface area contributed by atoms with Gasteiger partial charge in [-0.15, -0.1) is 0 Å². The summed E-state index contributed by atoms with van der Waals surface area (Å²) < 4.78 is 13.6. The highest BCUT2D eigenvalue weighted by molar-refractivity contribution is 6.36. The Bertz CT molecular complexity index is 888. The van der Waals surface area contributed by atoms with Crippen LogP contribution in [0.2, 0.25) is 10.0 Å². The average Bonchev–Trinajstić information content (AvgIpc) is 2.51. The highest BCUT2D eigenvalue weighted by Gasteiger charge is 2.31. The van der Waals surface area contributed by atoms with Crippen LogP contribution in [-0.2, 0) is 0 Å². The van der Waals surface area contributed by atoms with E-state index in [2.05, 4.69) is 5.32 Å². The lowest BCUT2D eigenvalue weighted by Crippen LogP contribution is -2.04. The number of nitrogens with one attached hydrogen (secondary N) is 1.